The van der Waals surface area contributed by atoms with Gasteiger partial charge >= 0.3 is 0 Å². The Labute approximate surface area is 159 Å². The quantitative estimate of drug-likeness (QED) is 0.801. The Kier molecular flexibility index (Phi) is 4.94. The van der Waals surface area contributed by atoms with E-state index < -0.39 is 10.0 Å². The highest BCUT2D eigenvalue weighted by atomic mass is 32.2. The van der Waals surface area contributed by atoms with E-state index in [4.69, 9.17) is 4.42 Å². The fourth-order valence-electron chi connectivity index (χ4n) is 4.11. The van der Waals surface area contributed by atoms with E-state index in [1.165, 1.54) is 10.6 Å². The average Bonchev–Trinajstić information content (AvgIpc) is 3.11. The number of piperidine rings is 2. The molecule has 146 valence electrons. The van der Waals surface area contributed by atoms with Gasteiger partial charge in [-0.2, -0.15) is 0 Å². The summed E-state index contributed by atoms with van der Waals surface area (Å²) in [5.74, 6) is 0.832. The van der Waals surface area contributed by atoms with Crippen LogP contribution in [0.4, 0.5) is 0 Å². The Balaban J connectivity index is 1.38. The van der Waals surface area contributed by atoms with Crippen LogP contribution in [0.2, 0.25) is 0 Å². The first-order valence-electron chi connectivity index (χ1n) is 9.51. The molecule has 0 spiro atoms. The van der Waals surface area contributed by atoms with Crippen LogP contribution in [0.15, 0.2) is 28.7 Å². The van der Waals surface area contributed by atoms with E-state index >= 15 is 0 Å². The first-order chi connectivity index (χ1) is 12.9. The topological polar surface area (TPSA) is 83.7 Å². The number of rotatable bonds is 3. The van der Waals surface area contributed by atoms with Gasteiger partial charge in [-0.15, -0.1) is 0 Å². The highest BCUT2D eigenvalue weighted by Gasteiger charge is 2.34. The number of likely N-dealkylation sites (tertiary alicyclic amines) is 1. The standard InChI is InChI=1S/C19H25N3O4S/c1-27(24,25)22-10-4-5-15(13-22)19(23)21-11-8-14(9-12-21)18-20-16-6-2-3-7-17(16)26-18/h2-3,6-7,14-15H,4-5,8-13H2,1H3. The van der Waals surface area contributed by atoms with E-state index in [-0.39, 0.29) is 17.7 Å². The van der Waals surface area contributed by atoms with Gasteiger partial charge in [0.1, 0.15) is 5.52 Å². The molecular weight excluding hydrogens is 366 g/mol. The van der Waals surface area contributed by atoms with E-state index in [1.54, 1.807) is 0 Å². The van der Waals surface area contributed by atoms with Crippen molar-refractivity contribution >= 4 is 27.0 Å². The molecule has 0 saturated carbocycles. The lowest BCUT2D eigenvalue weighted by Gasteiger charge is -2.36. The van der Waals surface area contributed by atoms with Crippen molar-refractivity contribution in [3.63, 3.8) is 0 Å². The highest BCUT2D eigenvalue weighted by Crippen LogP contribution is 2.31. The van der Waals surface area contributed by atoms with Gasteiger partial charge in [-0.25, -0.2) is 17.7 Å². The van der Waals surface area contributed by atoms with Crippen molar-refractivity contribution in [1.82, 2.24) is 14.2 Å². The molecule has 4 rings (SSSR count). The van der Waals surface area contributed by atoms with Crippen LogP contribution in [0.1, 0.15) is 37.5 Å². The molecule has 1 unspecified atom stereocenters. The maximum absolute atomic E-state index is 12.9. The summed E-state index contributed by atoms with van der Waals surface area (Å²) >= 11 is 0. The number of amides is 1. The van der Waals surface area contributed by atoms with E-state index in [2.05, 4.69) is 4.98 Å². The summed E-state index contributed by atoms with van der Waals surface area (Å²) in [5, 5.41) is 0. The molecule has 2 aliphatic rings. The number of oxazole rings is 1. The molecule has 1 aromatic carbocycles. The SMILES string of the molecule is CS(=O)(=O)N1CCCC(C(=O)N2CCC(c3nc4ccccc4o3)CC2)C1. The molecule has 1 amide bonds. The normalized spacial score (nSPS) is 23.0. The van der Waals surface area contributed by atoms with Crippen molar-refractivity contribution in [2.75, 3.05) is 32.4 Å². The zero-order chi connectivity index (χ0) is 19.0. The van der Waals surface area contributed by atoms with E-state index in [0.717, 1.165) is 42.7 Å². The molecule has 1 atom stereocenters. The number of fused-ring (bicyclic) bond motifs is 1. The Morgan fingerprint density at radius 2 is 1.89 bits per heavy atom. The van der Waals surface area contributed by atoms with Crippen molar-refractivity contribution < 1.29 is 17.6 Å². The van der Waals surface area contributed by atoms with Gasteiger partial charge in [0.25, 0.3) is 0 Å². The minimum atomic E-state index is -3.24. The number of aromatic nitrogens is 1. The third-order valence-electron chi connectivity index (χ3n) is 5.67. The molecular formula is C19H25N3O4S. The summed E-state index contributed by atoms with van der Waals surface area (Å²) in [4.78, 5) is 19.3. The third-order valence-corrected chi connectivity index (χ3v) is 6.94. The second-order valence-corrected chi connectivity index (χ2v) is 9.56. The zero-order valence-electron chi connectivity index (χ0n) is 15.5. The molecule has 2 saturated heterocycles. The number of carbonyl (C=O) groups excluding carboxylic acids is 1. The predicted molar refractivity (Wildman–Crippen MR) is 102 cm³/mol. The lowest BCUT2D eigenvalue weighted by molar-refractivity contribution is -0.137. The van der Waals surface area contributed by atoms with Gasteiger partial charge in [0.2, 0.25) is 15.9 Å². The molecule has 0 radical (unpaired) electrons. The van der Waals surface area contributed by atoms with Gasteiger partial charge in [0, 0.05) is 32.1 Å². The van der Waals surface area contributed by atoms with E-state index in [1.807, 2.05) is 29.2 Å². The minimum absolute atomic E-state index is 0.0827. The third kappa shape index (κ3) is 3.87. The fourth-order valence-corrected chi connectivity index (χ4v) is 5.03. The Hall–Kier alpha value is -1.93. The molecule has 2 fully saturated rings. The number of hydrogen-bond acceptors (Lipinski definition) is 5. The number of carbonyl (C=O) groups is 1. The molecule has 1 aromatic heterocycles. The average molecular weight is 391 g/mol. The van der Waals surface area contributed by atoms with Gasteiger partial charge in [-0.1, -0.05) is 12.1 Å². The van der Waals surface area contributed by atoms with Crippen LogP contribution >= 0.6 is 0 Å². The summed E-state index contributed by atoms with van der Waals surface area (Å²) in [6.07, 6.45) is 4.35. The molecule has 0 N–H and O–H groups in total. The molecule has 2 aromatic rings. The summed E-state index contributed by atoms with van der Waals surface area (Å²) in [6.45, 7) is 2.15. The number of benzene rings is 1. The van der Waals surface area contributed by atoms with Crippen LogP contribution in [-0.2, 0) is 14.8 Å². The monoisotopic (exact) mass is 391 g/mol. The second-order valence-electron chi connectivity index (χ2n) is 7.58. The summed E-state index contributed by atoms with van der Waals surface area (Å²) in [6, 6.07) is 7.74. The summed E-state index contributed by atoms with van der Waals surface area (Å²) in [7, 11) is -3.24. The first kappa shape index (κ1) is 18.4. The molecule has 0 bridgehead atoms. The van der Waals surface area contributed by atoms with Crippen LogP contribution < -0.4 is 0 Å². The number of hydrogen-bond donors (Lipinski definition) is 0. The van der Waals surface area contributed by atoms with Crippen LogP contribution in [0, 0.1) is 5.92 Å². The molecule has 27 heavy (non-hydrogen) atoms. The second kappa shape index (κ2) is 7.24. The van der Waals surface area contributed by atoms with Crippen molar-refractivity contribution in [3.05, 3.63) is 30.2 Å². The molecule has 0 aliphatic carbocycles. The van der Waals surface area contributed by atoms with Crippen molar-refractivity contribution in [1.29, 1.82) is 0 Å². The number of para-hydroxylation sites is 2. The maximum Gasteiger partial charge on any atom is 0.227 e. The van der Waals surface area contributed by atoms with E-state index in [9.17, 15) is 13.2 Å². The maximum atomic E-state index is 12.9. The Morgan fingerprint density at radius 3 is 2.59 bits per heavy atom. The fraction of sp³-hybridized carbons (Fsp3) is 0.579. The lowest BCUT2D eigenvalue weighted by Crippen LogP contribution is -2.48. The smallest absolute Gasteiger partial charge is 0.227 e. The van der Waals surface area contributed by atoms with Gasteiger partial charge < -0.3 is 9.32 Å². The Bertz CT molecular complexity index is 898. The van der Waals surface area contributed by atoms with Gasteiger partial charge in [-0.05, 0) is 37.8 Å². The number of nitrogens with zero attached hydrogens (tertiary/aromatic N) is 3. The molecule has 7 nitrogen and oxygen atoms in total. The van der Waals surface area contributed by atoms with Crippen LogP contribution in [0.25, 0.3) is 11.1 Å². The van der Waals surface area contributed by atoms with Crippen molar-refractivity contribution in [2.45, 2.75) is 31.6 Å². The Morgan fingerprint density at radius 1 is 1.15 bits per heavy atom. The summed E-state index contributed by atoms with van der Waals surface area (Å²) < 4.78 is 30.9. The van der Waals surface area contributed by atoms with E-state index in [0.29, 0.717) is 26.2 Å². The van der Waals surface area contributed by atoms with Crippen LogP contribution in [0.5, 0.6) is 0 Å². The first-order valence-corrected chi connectivity index (χ1v) is 11.4. The molecule has 8 heteroatoms. The summed E-state index contributed by atoms with van der Waals surface area (Å²) in [5.41, 5.74) is 1.67. The molecule has 2 aliphatic heterocycles. The van der Waals surface area contributed by atoms with Gasteiger partial charge in [0.15, 0.2) is 11.5 Å². The largest absolute Gasteiger partial charge is 0.440 e. The highest BCUT2D eigenvalue weighted by molar-refractivity contribution is 7.88. The van der Waals surface area contributed by atoms with Crippen LogP contribution in [-0.4, -0.2) is 60.9 Å². The van der Waals surface area contributed by atoms with Gasteiger partial charge in [0.05, 0.1) is 12.2 Å². The minimum Gasteiger partial charge on any atom is -0.440 e. The number of sulfonamides is 1. The predicted octanol–water partition coefficient (Wildman–Crippen LogP) is 2.21. The van der Waals surface area contributed by atoms with Crippen molar-refractivity contribution in [2.24, 2.45) is 5.92 Å². The van der Waals surface area contributed by atoms with Crippen molar-refractivity contribution in [3.8, 4) is 0 Å². The van der Waals surface area contributed by atoms with Crippen LogP contribution in [0.3, 0.4) is 0 Å². The lowest BCUT2D eigenvalue weighted by atomic mass is 9.93. The molecule has 3 heterocycles. The zero-order valence-corrected chi connectivity index (χ0v) is 16.3. The van der Waals surface area contributed by atoms with Gasteiger partial charge in [-0.3, -0.25) is 4.79 Å².